The Morgan fingerprint density at radius 2 is 2.12 bits per heavy atom. The summed E-state index contributed by atoms with van der Waals surface area (Å²) in [6, 6.07) is 0. The largest absolute Gasteiger partial charge is 0.449 e. The Morgan fingerprint density at radius 1 is 1.47 bits per heavy atom. The molecule has 0 N–H and O–H groups in total. The summed E-state index contributed by atoms with van der Waals surface area (Å²) in [5.41, 5.74) is 0.804. The number of hydrogen-bond acceptors (Lipinski definition) is 2. The lowest BCUT2D eigenvalue weighted by Crippen LogP contribution is -2.28. The molecule has 1 rings (SSSR count). The number of carbonyl (C=O) groups excluding carboxylic acids is 1. The van der Waals surface area contributed by atoms with Gasteiger partial charge in [-0.15, -0.1) is 0 Å². The summed E-state index contributed by atoms with van der Waals surface area (Å²) in [5.74, 6) is 6.42. The topological polar surface area (TPSA) is 26.3 Å². The van der Waals surface area contributed by atoms with Gasteiger partial charge in [0, 0.05) is 0 Å². The van der Waals surface area contributed by atoms with Crippen molar-refractivity contribution in [2.24, 2.45) is 11.8 Å². The molecule has 0 saturated heterocycles. The molecule has 17 heavy (non-hydrogen) atoms. The number of ether oxygens (including phenoxy) is 1. The molecule has 1 saturated carbocycles. The van der Waals surface area contributed by atoms with E-state index in [0.717, 1.165) is 31.3 Å². The van der Waals surface area contributed by atoms with E-state index < -0.39 is 0 Å². The standard InChI is InChI=1S/C15H22O2/c1-11(2)8-9-14(10-12(3)4)17-15(16)13-6-5-7-13/h12-14H,1,5-7,10H2,2-4H3. The fourth-order valence-electron chi connectivity index (χ4n) is 1.65. The van der Waals surface area contributed by atoms with Crippen LogP contribution >= 0.6 is 0 Å². The minimum Gasteiger partial charge on any atom is -0.449 e. The van der Waals surface area contributed by atoms with Gasteiger partial charge in [0.05, 0.1) is 5.92 Å². The highest BCUT2D eigenvalue weighted by Gasteiger charge is 2.28. The second-order valence-corrected chi connectivity index (χ2v) is 5.23. The maximum absolute atomic E-state index is 11.7. The van der Waals surface area contributed by atoms with Crippen molar-refractivity contribution in [3.05, 3.63) is 12.2 Å². The van der Waals surface area contributed by atoms with E-state index in [4.69, 9.17) is 4.74 Å². The van der Waals surface area contributed by atoms with Crippen LogP contribution in [0.15, 0.2) is 12.2 Å². The van der Waals surface area contributed by atoms with Gasteiger partial charge in [0.25, 0.3) is 0 Å². The lowest BCUT2D eigenvalue weighted by molar-refractivity contribution is -0.154. The van der Waals surface area contributed by atoms with Crippen molar-refractivity contribution in [1.29, 1.82) is 0 Å². The van der Waals surface area contributed by atoms with Gasteiger partial charge in [-0.2, -0.15) is 0 Å². The van der Waals surface area contributed by atoms with Crippen LogP contribution in [-0.4, -0.2) is 12.1 Å². The van der Waals surface area contributed by atoms with Crippen LogP contribution in [0.5, 0.6) is 0 Å². The zero-order chi connectivity index (χ0) is 12.8. The second kappa shape index (κ2) is 6.49. The van der Waals surface area contributed by atoms with Gasteiger partial charge in [0.2, 0.25) is 0 Å². The van der Waals surface area contributed by atoms with Crippen molar-refractivity contribution in [3.8, 4) is 11.8 Å². The van der Waals surface area contributed by atoms with Crippen molar-refractivity contribution in [2.45, 2.75) is 52.6 Å². The van der Waals surface area contributed by atoms with Gasteiger partial charge in [-0.1, -0.05) is 38.7 Å². The molecule has 1 aliphatic carbocycles. The quantitative estimate of drug-likeness (QED) is 0.551. The molecule has 0 aromatic heterocycles. The van der Waals surface area contributed by atoms with Crippen molar-refractivity contribution in [1.82, 2.24) is 0 Å². The van der Waals surface area contributed by atoms with E-state index in [2.05, 4.69) is 32.3 Å². The zero-order valence-corrected chi connectivity index (χ0v) is 11.1. The molecule has 0 aromatic carbocycles. The Morgan fingerprint density at radius 3 is 2.53 bits per heavy atom. The smallest absolute Gasteiger partial charge is 0.310 e. The second-order valence-electron chi connectivity index (χ2n) is 5.23. The van der Waals surface area contributed by atoms with Crippen LogP contribution in [0.25, 0.3) is 0 Å². The first-order valence-electron chi connectivity index (χ1n) is 6.36. The normalized spacial score (nSPS) is 16.7. The maximum Gasteiger partial charge on any atom is 0.310 e. The molecule has 2 heteroatoms. The molecule has 94 valence electrons. The van der Waals surface area contributed by atoms with Crippen molar-refractivity contribution in [3.63, 3.8) is 0 Å². The van der Waals surface area contributed by atoms with Crippen LogP contribution in [0, 0.1) is 23.7 Å². The minimum atomic E-state index is -0.278. The summed E-state index contributed by atoms with van der Waals surface area (Å²) in [6.07, 6.45) is 3.60. The molecule has 0 bridgehead atoms. The average molecular weight is 234 g/mol. The lowest BCUT2D eigenvalue weighted by atomic mass is 9.85. The van der Waals surface area contributed by atoms with E-state index >= 15 is 0 Å². The van der Waals surface area contributed by atoms with Gasteiger partial charge in [0.15, 0.2) is 6.10 Å². The van der Waals surface area contributed by atoms with Crippen LogP contribution in [0.3, 0.4) is 0 Å². The highest BCUT2D eigenvalue weighted by molar-refractivity contribution is 5.73. The lowest BCUT2D eigenvalue weighted by Gasteiger charge is -2.25. The summed E-state index contributed by atoms with van der Waals surface area (Å²) in [7, 11) is 0. The average Bonchev–Trinajstić information content (AvgIpc) is 2.10. The van der Waals surface area contributed by atoms with Crippen LogP contribution in [-0.2, 0) is 9.53 Å². The first-order valence-corrected chi connectivity index (χ1v) is 6.36. The van der Waals surface area contributed by atoms with Crippen LogP contribution in [0.2, 0.25) is 0 Å². The van der Waals surface area contributed by atoms with Crippen molar-refractivity contribution < 1.29 is 9.53 Å². The Bertz CT molecular complexity index is 340. The van der Waals surface area contributed by atoms with Crippen LogP contribution < -0.4 is 0 Å². The molecule has 0 spiro atoms. The molecule has 1 unspecified atom stereocenters. The molecular formula is C15H22O2. The number of allylic oxidation sites excluding steroid dienone is 1. The summed E-state index contributed by atoms with van der Waals surface area (Å²) < 4.78 is 5.46. The predicted molar refractivity (Wildman–Crippen MR) is 69.3 cm³/mol. The Kier molecular flexibility index (Phi) is 5.28. The van der Waals surface area contributed by atoms with E-state index in [0.29, 0.717) is 5.92 Å². The monoisotopic (exact) mass is 234 g/mol. The van der Waals surface area contributed by atoms with Gasteiger partial charge in [-0.25, -0.2) is 0 Å². The highest BCUT2D eigenvalue weighted by atomic mass is 16.5. The number of hydrogen-bond donors (Lipinski definition) is 0. The van der Waals surface area contributed by atoms with Crippen molar-refractivity contribution in [2.75, 3.05) is 0 Å². The molecular weight excluding hydrogens is 212 g/mol. The van der Waals surface area contributed by atoms with Gasteiger partial charge < -0.3 is 4.74 Å². The molecule has 1 fully saturated rings. The van der Waals surface area contributed by atoms with E-state index in [1.54, 1.807) is 0 Å². The third-order valence-electron chi connectivity index (χ3n) is 2.83. The van der Waals surface area contributed by atoms with Crippen molar-refractivity contribution >= 4 is 5.97 Å². The summed E-state index contributed by atoms with van der Waals surface area (Å²) in [4.78, 5) is 11.7. The Balaban J connectivity index is 2.53. The highest BCUT2D eigenvalue weighted by Crippen LogP contribution is 2.28. The van der Waals surface area contributed by atoms with Gasteiger partial charge in [0.1, 0.15) is 0 Å². The Labute approximate surface area is 104 Å². The third kappa shape index (κ3) is 5.08. The first-order chi connectivity index (χ1) is 7.99. The number of carbonyl (C=O) groups is 1. The van der Waals surface area contributed by atoms with Gasteiger partial charge in [-0.3, -0.25) is 4.79 Å². The van der Waals surface area contributed by atoms with Crippen LogP contribution in [0.1, 0.15) is 46.5 Å². The number of esters is 1. The molecule has 2 nitrogen and oxygen atoms in total. The number of rotatable bonds is 4. The molecule has 1 aliphatic rings. The van der Waals surface area contributed by atoms with E-state index in [-0.39, 0.29) is 18.0 Å². The SMILES string of the molecule is C=C(C)C#CC(CC(C)C)OC(=O)C1CCC1. The van der Waals surface area contributed by atoms with E-state index in [1.165, 1.54) is 0 Å². The van der Waals surface area contributed by atoms with Crippen LogP contribution in [0.4, 0.5) is 0 Å². The minimum absolute atomic E-state index is 0.0714. The molecule has 0 heterocycles. The fourth-order valence-corrected chi connectivity index (χ4v) is 1.65. The molecule has 1 atom stereocenters. The molecule has 0 radical (unpaired) electrons. The van der Waals surface area contributed by atoms with Gasteiger partial charge >= 0.3 is 5.97 Å². The van der Waals surface area contributed by atoms with E-state index in [1.807, 2.05) is 6.92 Å². The summed E-state index contributed by atoms with van der Waals surface area (Å²) in [5, 5.41) is 0. The maximum atomic E-state index is 11.7. The van der Waals surface area contributed by atoms with E-state index in [9.17, 15) is 4.79 Å². The van der Waals surface area contributed by atoms with Gasteiger partial charge in [-0.05, 0) is 37.7 Å². The third-order valence-corrected chi connectivity index (χ3v) is 2.83. The molecule has 0 aromatic rings. The predicted octanol–water partition coefficient (Wildman–Crippen LogP) is 3.32. The summed E-state index contributed by atoms with van der Waals surface area (Å²) in [6.45, 7) is 9.80. The molecule has 0 aliphatic heterocycles. The fraction of sp³-hybridized carbons (Fsp3) is 0.667. The summed E-state index contributed by atoms with van der Waals surface area (Å²) >= 11 is 0. The Hall–Kier alpha value is -1.23. The first kappa shape index (κ1) is 13.8. The molecule has 0 amide bonds. The zero-order valence-electron chi connectivity index (χ0n) is 11.1.